The molecule has 0 N–H and O–H groups in total. The Morgan fingerprint density at radius 1 is 0.761 bits per heavy atom. The van der Waals surface area contributed by atoms with E-state index in [9.17, 15) is 53.3 Å². The topological polar surface area (TPSA) is 110 Å². The van der Waals surface area contributed by atoms with Crippen LogP contribution in [0.25, 0.3) is 0 Å². The van der Waals surface area contributed by atoms with Crippen molar-refractivity contribution in [2.75, 3.05) is 6.61 Å². The summed E-state index contributed by atoms with van der Waals surface area (Å²) in [4.78, 5) is 26.7. The summed E-state index contributed by atoms with van der Waals surface area (Å²) in [6.45, 7) is 1.96. The average molecular weight is 697 g/mol. The van der Waals surface area contributed by atoms with Crippen LogP contribution in [0, 0.1) is 0 Å². The van der Waals surface area contributed by atoms with Crippen LogP contribution in [-0.4, -0.2) is 54.5 Å². The van der Waals surface area contributed by atoms with Crippen molar-refractivity contribution in [3.05, 3.63) is 103 Å². The quantitative estimate of drug-likeness (QED) is 0.0506. The van der Waals surface area contributed by atoms with Crippen molar-refractivity contribution in [1.82, 2.24) is 0 Å². The standard InChI is InChI=1S/C18H15S.C12H13F7O7S/c1-4-10-16(11-5-1)19(17-12-6-2-7-13-17)18-14-8-3-9-15-18;1-6(2)8(21)26-10(7(3)20,11(15,16)17)25-5-4-9(13,14)12(18,19)27(22,23)24/h1-15H;1,4-5H2,2-3H3,(H,22,23,24)/q+1;/p-1. The highest BCUT2D eigenvalue weighted by molar-refractivity contribution is 7.97. The summed E-state index contributed by atoms with van der Waals surface area (Å²) in [5.74, 6) is -14.0. The fourth-order valence-electron chi connectivity index (χ4n) is 3.49. The van der Waals surface area contributed by atoms with Gasteiger partial charge in [0.15, 0.2) is 24.8 Å². The van der Waals surface area contributed by atoms with E-state index in [0.29, 0.717) is 0 Å². The minimum absolute atomic E-state index is 0.0146. The molecule has 0 fully saturated rings. The normalized spacial score (nSPS) is 13.6. The minimum Gasteiger partial charge on any atom is -0.743 e. The van der Waals surface area contributed by atoms with Crippen molar-refractivity contribution < 1.29 is 62.8 Å². The fraction of sp³-hybridized carbons (Fsp3) is 0.267. The number of ketones is 1. The van der Waals surface area contributed by atoms with Crippen LogP contribution in [0.1, 0.15) is 20.3 Å². The molecule has 3 rings (SSSR count). The van der Waals surface area contributed by atoms with Crippen molar-refractivity contribution in [3.63, 3.8) is 0 Å². The summed E-state index contributed by atoms with van der Waals surface area (Å²) in [5, 5.41) is -6.17. The van der Waals surface area contributed by atoms with Crippen LogP contribution in [0.3, 0.4) is 0 Å². The second kappa shape index (κ2) is 15.2. The molecular weight excluding hydrogens is 669 g/mol. The Morgan fingerprint density at radius 3 is 1.41 bits per heavy atom. The summed E-state index contributed by atoms with van der Waals surface area (Å²) in [5.41, 5.74) is -0.650. The average Bonchev–Trinajstić information content (AvgIpc) is 2.97. The predicted octanol–water partition coefficient (Wildman–Crippen LogP) is 6.92. The van der Waals surface area contributed by atoms with Gasteiger partial charge in [0.1, 0.15) is 0 Å². The fourth-order valence-corrected chi connectivity index (χ4v) is 6.06. The lowest BCUT2D eigenvalue weighted by molar-refractivity contribution is -0.348. The molecule has 0 radical (unpaired) electrons. The Hall–Kier alpha value is -3.73. The van der Waals surface area contributed by atoms with Crippen molar-refractivity contribution >= 4 is 32.8 Å². The smallest absolute Gasteiger partial charge is 0.463 e. The van der Waals surface area contributed by atoms with Gasteiger partial charge in [0.25, 0.3) is 0 Å². The number of Topliss-reactive ketones (excluding diaryl/α,β-unsaturated/α-hetero) is 1. The summed E-state index contributed by atoms with van der Waals surface area (Å²) in [6, 6.07) is 32.2. The SMILES string of the molecule is C=C(C)C(=O)OC(OCCC(F)(F)C(F)(F)S(=O)(=O)[O-])(C(C)=O)C(F)(F)F.c1ccc([S+](c2ccccc2)c2ccccc2)cc1. The highest BCUT2D eigenvalue weighted by atomic mass is 32.2. The van der Waals surface area contributed by atoms with Gasteiger partial charge in [0.05, 0.1) is 17.5 Å². The summed E-state index contributed by atoms with van der Waals surface area (Å²) >= 11 is 0. The molecule has 16 heteroatoms. The maximum atomic E-state index is 13.3. The van der Waals surface area contributed by atoms with Crippen LogP contribution in [0.5, 0.6) is 0 Å². The van der Waals surface area contributed by atoms with Gasteiger partial charge in [-0.25, -0.2) is 13.2 Å². The Labute approximate surface area is 263 Å². The van der Waals surface area contributed by atoms with Gasteiger partial charge in [-0.3, -0.25) is 4.79 Å². The maximum Gasteiger partial charge on any atom is 0.463 e. The molecule has 1 unspecified atom stereocenters. The molecule has 0 aliphatic rings. The lowest BCUT2D eigenvalue weighted by Gasteiger charge is -2.33. The third-order valence-electron chi connectivity index (χ3n) is 5.82. The first kappa shape index (κ1) is 38.5. The van der Waals surface area contributed by atoms with Gasteiger partial charge in [-0.15, -0.1) is 0 Å². The van der Waals surface area contributed by atoms with Crippen LogP contribution < -0.4 is 0 Å². The van der Waals surface area contributed by atoms with Crippen molar-refractivity contribution in [3.8, 4) is 0 Å². The molecule has 0 aliphatic carbocycles. The Bertz CT molecular complexity index is 1490. The zero-order chi connectivity index (χ0) is 35.0. The Morgan fingerprint density at radius 2 is 1.13 bits per heavy atom. The lowest BCUT2D eigenvalue weighted by atomic mass is 10.1. The molecule has 0 saturated heterocycles. The Balaban J connectivity index is 0.000000336. The van der Waals surface area contributed by atoms with E-state index in [0.717, 1.165) is 6.92 Å². The molecule has 46 heavy (non-hydrogen) atoms. The number of hydrogen-bond acceptors (Lipinski definition) is 7. The summed E-state index contributed by atoms with van der Waals surface area (Å²) < 4.78 is 130. The number of alkyl halides is 7. The van der Waals surface area contributed by atoms with Gasteiger partial charge >= 0.3 is 29.1 Å². The summed E-state index contributed by atoms with van der Waals surface area (Å²) in [7, 11) is -6.89. The first-order valence-electron chi connectivity index (χ1n) is 12.9. The van der Waals surface area contributed by atoms with Crippen LogP contribution in [0.4, 0.5) is 30.7 Å². The molecule has 0 aromatic heterocycles. The molecule has 3 aromatic carbocycles. The third-order valence-corrected chi connectivity index (χ3v) is 8.98. The van der Waals surface area contributed by atoms with Crippen LogP contribution in [0.2, 0.25) is 0 Å². The first-order chi connectivity index (χ1) is 21.2. The Kier molecular flexibility index (Phi) is 12.7. The van der Waals surface area contributed by atoms with Gasteiger partial charge < -0.3 is 14.0 Å². The van der Waals surface area contributed by atoms with Gasteiger partial charge in [-0.2, -0.15) is 30.7 Å². The molecule has 0 bridgehead atoms. The van der Waals surface area contributed by atoms with E-state index in [1.807, 2.05) is 0 Å². The largest absolute Gasteiger partial charge is 0.743 e. The number of hydrogen-bond donors (Lipinski definition) is 0. The van der Waals surface area contributed by atoms with E-state index >= 15 is 0 Å². The van der Waals surface area contributed by atoms with Crippen LogP contribution in [-0.2, 0) is 40.1 Å². The number of rotatable bonds is 12. The van der Waals surface area contributed by atoms with Crippen molar-refractivity contribution in [2.24, 2.45) is 0 Å². The highest BCUT2D eigenvalue weighted by Crippen LogP contribution is 2.42. The molecular formula is C30H27F7O7S2. The van der Waals surface area contributed by atoms with E-state index < -0.39 is 63.6 Å². The summed E-state index contributed by atoms with van der Waals surface area (Å²) in [6.07, 6.45) is -8.26. The molecule has 7 nitrogen and oxygen atoms in total. The van der Waals surface area contributed by atoms with Gasteiger partial charge in [-0.05, 0) is 43.3 Å². The molecule has 0 saturated carbocycles. The minimum atomic E-state index is -6.88. The van der Waals surface area contributed by atoms with E-state index in [1.54, 1.807) is 0 Å². The van der Waals surface area contributed by atoms with E-state index in [2.05, 4.69) is 107 Å². The van der Waals surface area contributed by atoms with E-state index in [1.165, 1.54) is 14.7 Å². The molecule has 0 aliphatic heterocycles. The third kappa shape index (κ3) is 9.18. The van der Waals surface area contributed by atoms with Crippen molar-refractivity contribution in [2.45, 2.75) is 58.1 Å². The van der Waals surface area contributed by atoms with Crippen molar-refractivity contribution in [1.29, 1.82) is 0 Å². The second-order valence-corrected chi connectivity index (χ2v) is 12.8. The molecule has 250 valence electrons. The number of carbonyl (C=O) groups excluding carboxylic acids is 2. The molecule has 1 atom stereocenters. The van der Waals surface area contributed by atoms with Gasteiger partial charge in [0, 0.05) is 18.9 Å². The first-order valence-corrected chi connectivity index (χ1v) is 15.5. The highest BCUT2D eigenvalue weighted by Gasteiger charge is 2.66. The second-order valence-electron chi connectivity index (χ2n) is 9.36. The van der Waals surface area contributed by atoms with Gasteiger partial charge in [0.2, 0.25) is 5.78 Å². The van der Waals surface area contributed by atoms with E-state index in [4.69, 9.17) is 0 Å². The molecule has 3 aromatic rings. The number of carbonyl (C=O) groups is 2. The molecule has 0 amide bonds. The number of esters is 1. The zero-order valence-corrected chi connectivity index (χ0v) is 25.7. The van der Waals surface area contributed by atoms with Crippen LogP contribution in [0.15, 0.2) is 118 Å². The number of ether oxygens (including phenoxy) is 2. The number of benzene rings is 3. The monoisotopic (exact) mass is 696 g/mol. The lowest BCUT2D eigenvalue weighted by Crippen LogP contribution is -2.57. The van der Waals surface area contributed by atoms with E-state index in [-0.39, 0.29) is 17.8 Å². The predicted molar refractivity (Wildman–Crippen MR) is 152 cm³/mol. The molecule has 0 spiro atoms. The molecule has 0 heterocycles. The van der Waals surface area contributed by atoms with Crippen LogP contribution >= 0.6 is 0 Å². The number of halogens is 7. The zero-order valence-electron chi connectivity index (χ0n) is 24.1. The maximum absolute atomic E-state index is 13.3. The van der Waals surface area contributed by atoms with Gasteiger partial charge in [-0.1, -0.05) is 61.2 Å².